The Labute approximate surface area is 135 Å². The van der Waals surface area contributed by atoms with Crippen LogP contribution in [0.25, 0.3) is 0 Å². The van der Waals surface area contributed by atoms with E-state index in [1.54, 1.807) is 6.92 Å². The van der Waals surface area contributed by atoms with Gasteiger partial charge in [0.15, 0.2) is 0 Å². The van der Waals surface area contributed by atoms with Crippen LogP contribution in [0.15, 0.2) is 0 Å². The Morgan fingerprint density at radius 2 is 1.64 bits per heavy atom. The van der Waals surface area contributed by atoms with E-state index in [2.05, 4.69) is 18.7 Å². The van der Waals surface area contributed by atoms with Gasteiger partial charge >= 0.3 is 0 Å². The highest BCUT2D eigenvalue weighted by Crippen LogP contribution is 2.43. The van der Waals surface area contributed by atoms with Crippen molar-refractivity contribution in [2.24, 2.45) is 5.41 Å². The van der Waals surface area contributed by atoms with Gasteiger partial charge in [-0.15, -0.1) is 0 Å². The predicted octanol–water partition coefficient (Wildman–Crippen LogP) is 2.67. The molecular weight excluding hydrogens is 276 g/mol. The Hall–Kier alpha value is -0.610. The highest BCUT2D eigenvalue weighted by molar-refractivity contribution is 5.73. The number of carbonyl (C=O) groups excluding carboxylic acids is 1. The van der Waals surface area contributed by atoms with Crippen molar-refractivity contribution in [3.8, 4) is 0 Å². The van der Waals surface area contributed by atoms with Gasteiger partial charge < -0.3 is 14.5 Å². The number of rotatable bonds is 1. The molecule has 4 nitrogen and oxygen atoms in total. The first kappa shape index (κ1) is 16.3. The molecule has 1 spiro atoms. The Balaban J connectivity index is 1.47. The lowest BCUT2D eigenvalue weighted by molar-refractivity contribution is -0.135. The van der Waals surface area contributed by atoms with Crippen molar-refractivity contribution in [3.05, 3.63) is 0 Å². The SMILES string of the molecule is CC(=O)N1CCC(N2CCC3(CC2)CCC(C)(C)OC3)CC1. The summed E-state index contributed by atoms with van der Waals surface area (Å²) in [5.41, 5.74) is 0.536. The van der Waals surface area contributed by atoms with Crippen LogP contribution in [0.5, 0.6) is 0 Å². The van der Waals surface area contributed by atoms with Gasteiger partial charge in [-0.1, -0.05) is 0 Å². The Morgan fingerprint density at radius 3 is 2.14 bits per heavy atom. The number of piperidine rings is 2. The molecule has 0 atom stereocenters. The maximum atomic E-state index is 11.4. The van der Waals surface area contributed by atoms with E-state index < -0.39 is 0 Å². The molecule has 0 aromatic carbocycles. The molecule has 0 unspecified atom stereocenters. The summed E-state index contributed by atoms with van der Waals surface area (Å²) in [5, 5.41) is 0. The summed E-state index contributed by atoms with van der Waals surface area (Å²) in [5.74, 6) is 0.234. The molecule has 3 rings (SSSR count). The summed E-state index contributed by atoms with van der Waals surface area (Å²) in [4.78, 5) is 16.1. The maximum Gasteiger partial charge on any atom is 0.219 e. The summed E-state index contributed by atoms with van der Waals surface area (Å²) in [6.45, 7) is 11.4. The lowest BCUT2D eigenvalue weighted by Crippen LogP contribution is -2.52. The van der Waals surface area contributed by atoms with E-state index in [1.807, 2.05) is 4.90 Å². The maximum absolute atomic E-state index is 11.4. The van der Waals surface area contributed by atoms with E-state index in [-0.39, 0.29) is 11.5 Å². The van der Waals surface area contributed by atoms with Gasteiger partial charge in [0.1, 0.15) is 0 Å². The number of hydrogen-bond acceptors (Lipinski definition) is 3. The summed E-state index contributed by atoms with van der Waals surface area (Å²) >= 11 is 0. The summed E-state index contributed by atoms with van der Waals surface area (Å²) in [7, 11) is 0. The minimum absolute atomic E-state index is 0.0852. The van der Waals surface area contributed by atoms with Crippen LogP contribution < -0.4 is 0 Å². The zero-order valence-corrected chi connectivity index (χ0v) is 14.6. The van der Waals surface area contributed by atoms with Crippen molar-refractivity contribution in [3.63, 3.8) is 0 Å². The van der Waals surface area contributed by atoms with E-state index in [1.165, 1.54) is 38.8 Å². The number of carbonyl (C=O) groups is 1. The molecule has 0 aromatic rings. The van der Waals surface area contributed by atoms with Gasteiger partial charge in [-0.3, -0.25) is 4.79 Å². The summed E-state index contributed by atoms with van der Waals surface area (Å²) in [6.07, 6.45) is 7.40. The molecule has 0 aromatic heterocycles. The minimum Gasteiger partial charge on any atom is -0.375 e. The van der Waals surface area contributed by atoms with Crippen molar-refractivity contribution in [2.45, 2.75) is 70.9 Å². The molecule has 1 amide bonds. The molecule has 3 fully saturated rings. The predicted molar refractivity (Wildman–Crippen MR) is 87.8 cm³/mol. The fourth-order valence-corrected chi connectivity index (χ4v) is 4.36. The van der Waals surface area contributed by atoms with Crippen LogP contribution in [0.3, 0.4) is 0 Å². The van der Waals surface area contributed by atoms with E-state index in [0.29, 0.717) is 11.5 Å². The molecule has 22 heavy (non-hydrogen) atoms. The second-order valence-corrected chi connectivity index (χ2v) is 8.32. The van der Waals surface area contributed by atoms with Gasteiger partial charge in [-0.25, -0.2) is 0 Å². The minimum atomic E-state index is 0.0852. The Morgan fingerprint density at radius 1 is 1.00 bits per heavy atom. The average Bonchev–Trinajstić information content (AvgIpc) is 2.52. The summed E-state index contributed by atoms with van der Waals surface area (Å²) in [6, 6.07) is 0.689. The molecule has 3 aliphatic rings. The van der Waals surface area contributed by atoms with Crippen LogP contribution in [0.1, 0.15) is 59.3 Å². The highest BCUT2D eigenvalue weighted by atomic mass is 16.5. The summed E-state index contributed by atoms with van der Waals surface area (Å²) < 4.78 is 6.12. The second-order valence-electron chi connectivity index (χ2n) is 8.32. The smallest absolute Gasteiger partial charge is 0.219 e. The van der Waals surface area contributed by atoms with Gasteiger partial charge in [0, 0.05) is 26.1 Å². The largest absolute Gasteiger partial charge is 0.375 e. The van der Waals surface area contributed by atoms with Crippen molar-refractivity contribution in [1.29, 1.82) is 0 Å². The van der Waals surface area contributed by atoms with Gasteiger partial charge in [-0.05, 0) is 70.9 Å². The Bertz CT molecular complexity index is 393. The zero-order chi connectivity index (χ0) is 15.8. The van der Waals surface area contributed by atoms with E-state index in [9.17, 15) is 4.79 Å². The van der Waals surface area contributed by atoms with Crippen LogP contribution in [0.4, 0.5) is 0 Å². The van der Waals surface area contributed by atoms with Crippen molar-refractivity contribution in [1.82, 2.24) is 9.80 Å². The topological polar surface area (TPSA) is 32.8 Å². The molecule has 4 heteroatoms. The van der Waals surface area contributed by atoms with Crippen LogP contribution in [0, 0.1) is 5.41 Å². The highest BCUT2D eigenvalue weighted by Gasteiger charge is 2.42. The molecule has 3 saturated heterocycles. The second kappa shape index (κ2) is 6.12. The number of hydrogen-bond donors (Lipinski definition) is 0. The van der Waals surface area contributed by atoms with Crippen LogP contribution in [0.2, 0.25) is 0 Å². The van der Waals surface area contributed by atoms with Crippen molar-refractivity contribution < 1.29 is 9.53 Å². The molecule has 3 aliphatic heterocycles. The monoisotopic (exact) mass is 308 g/mol. The Kier molecular flexibility index (Phi) is 4.52. The third-order valence-corrected chi connectivity index (χ3v) is 6.31. The molecule has 0 N–H and O–H groups in total. The first-order valence-corrected chi connectivity index (χ1v) is 9.03. The van der Waals surface area contributed by atoms with Crippen LogP contribution in [-0.2, 0) is 9.53 Å². The molecule has 3 heterocycles. The standard InChI is InChI=1S/C18H32N2O2/c1-15(21)19-10-4-16(5-11-19)20-12-8-18(9-13-20)7-6-17(2,3)22-14-18/h16H,4-14H2,1-3H3. The van der Waals surface area contributed by atoms with E-state index in [4.69, 9.17) is 4.74 Å². The van der Waals surface area contributed by atoms with Gasteiger partial charge in [0.05, 0.1) is 12.2 Å². The first-order valence-electron chi connectivity index (χ1n) is 9.03. The van der Waals surface area contributed by atoms with Gasteiger partial charge in [0.2, 0.25) is 5.91 Å². The molecule has 0 aliphatic carbocycles. The van der Waals surface area contributed by atoms with Gasteiger partial charge in [-0.2, -0.15) is 0 Å². The third-order valence-electron chi connectivity index (χ3n) is 6.31. The molecule has 0 bridgehead atoms. The molecule has 126 valence electrons. The van der Waals surface area contributed by atoms with Crippen molar-refractivity contribution in [2.75, 3.05) is 32.8 Å². The number of amides is 1. The van der Waals surface area contributed by atoms with Crippen LogP contribution >= 0.6 is 0 Å². The van der Waals surface area contributed by atoms with Crippen molar-refractivity contribution >= 4 is 5.91 Å². The van der Waals surface area contributed by atoms with E-state index >= 15 is 0 Å². The fourth-order valence-electron chi connectivity index (χ4n) is 4.36. The normalized spacial score (nSPS) is 29.7. The first-order chi connectivity index (χ1) is 10.4. The third kappa shape index (κ3) is 3.48. The average molecular weight is 308 g/mol. The quantitative estimate of drug-likeness (QED) is 0.746. The van der Waals surface area contributed by atoms with E-state index in [0.717, 1.165) is 32.5 Å². The number of likely N-dealkylation sites (tertiary alicyclic amines) is 2. The lowest BCUT2D eigenvalue weighted by atomic mass is 9.71. The molecule has 0 radical (unpaired) electrons. The lowest BCUT2D eigenvalue weighted by Gasteiger charge is -2.50. The van der Waals surface area contributed by atoms with Crippen LogP contribution in [-0.4, -0.2) is 60.1 Å². The molecule has 0 saturated carbocycles. The molecular formula is C18H32N2O2. The number of ether oxygens (including phenoxy) is 1. The fraction of sp³-hybridized carbons (Fsp3) is 0.944. The van der Waals surface area contributed by atoms with Gasteiger partial charge in [0.25, 0.3) is 0 Å². The number of nitrogens with zero attached hydrogens (tertiary/aromatic N) is 2. The zero-order valence-electron chi connectivity index (χ0n) is 14.6.